The molecule has 132 valence electrons. The van der Waals surface area contributed by atoms with E-state index in [4.69, 9.17) is 0 Å². The van der Waals surface area contributed by atoms with Gasteiger partial charge in [0.25, 0.3) is 5.91 Å². The smallest absolute Gasteiger partial charge is 0.267 e. The summed E-state index contributed by atoms with van der Waals surface area (Å²) in [5.74, 6) is -0.315. The van der Waals surface area contributed by atoms with Crippen molar-refractivity contribution in [1.82, 2.24) is 35.4 Å². The molecule has 1 N–H and O–H groups in total. The van der Waals surface area contributed by atoms with E-state index in [2.05, 4.69) is 31.2 Å². The van der Waals surface area contributed by atoms with E-state index in [-0.39, 0.29) is 5.91 Å². The normalized spacial score (nSPS) is 11.0. The van der Waals surface area contributed by atoms with Gasteiger partial charge < -0.3 is 0 Å². The van der Waals surface area contributed by atoms with Crippen molar-refractivity contribution in [2.45, 2.75) is 0 Å². The van der Waals surface area contributed by atoms with Crippen molar-refractivity contribution in [2.75, 3.05) is 0 Å². The molecule has 9 nitrogen and oxygen atoms in total. The highest BCUT2D eigenvalue weighted by molar-refractivity contribution is 5.95. The number of hydrogen-bond donors (Lipinski definition) is 1. The summed E-state index contributed by atoms with van der Waals surface area (Å²) in [6.45, 7) is 0. The van der Waals surface area contributed by atoms with Crippen LogP contribution in [-0.4, -0.2) is 42.1 Å². The second kappa shape index (κ2) is 7.40. The number of nitrogens with zero attached hydrogens (tertiary/aromatic N) is 7. The van der Waals surface area contributed by atoms with E-state index < -0.39 is 0 Å². The quantitative estimate of drug-likeness (QED) is 0.431. The second-order valence-corrected chi connectivity index (χ2v) is 5.55. The van der Waals surface area contributed by atoms with Crippen LogP contribution in [0.25, 0.3) is 11.4 Å². The number of carbonyl (C=O) groups excluding carboxylic acids is 1. The third-order valence-electron chi connectivity index (χ3n) is 3.75. The lowest BCUT2D eigenvalue weighted by atomic mass is 10.2. The molecular formula is C18H14N8O. The molecule has 0 bridgehead atoms. The Hall–Kier alpha value is -4.14. The number of rotatable bonds is 5. The Labute approximate surface area is 154 Å². The maximum absolute atomic E-state index is 12.2. The van der Waals surface area contributed by atoms with Gasteiger partial charge in [-0.3, -0.25) is 4.79 Å². The van der Waals surface area contributed by atoms with E-state index in [1.165, 1.54) is 11.0 Å². The lowest BCUT2D eigenvalue weighted by Crippen LogP contribution is -2.17. The molecule has 2 aromatic heterocycles. The number of para-hydroxylation sites is 1. The van der Waals surface area contributed by atoms with Gasteiger partial charge >= 0.3 is 0 Å². The molecule has 0 spiro atoms. The SMILES string of the molecule is O=C(N/N=C\c1cnn(-c2ccccc2)c1)c1ccc(-n2cnnn2)cc1. The molecule has 0 atom stereocenters. The van der Waals surface area contributed by atoms with Crippen LogP contribution in [0.4, 0.5) is 0 Å². The highest BCUT2D eigenvalue weighted by Gasteiger charge is 2.05. The third kappa shape index (κ3) is 3.76. The number of amides is 1. The Balaban J connectivity index is 1.38. The van der Waals surface area contributed by atoms with Crippen LogP contribution >= 0.6 is 0 Å². The molecule has 0 aliphatic heterocycles. The maximum Gasteiger partial charge on any atom is 0.271 e. The fourth-order valence-electron chi connectivity index (χ4n) is 2.40. The first kappa shape index (κ1) is 16.3. The molecule has 9 heteroatoms. The fourth-order valence-corrected chi connectivity index (χ4v) is 2.40. The Kier molecular flexibility index (Phi) is 4.48. The molecule has 4 rings (SSSR count). The van der Waals surface area contributed by atoms with Gasteiger partial charge in [0.15, 0.2) is 0 Å². The van der Waals surface area contributed by atoms with Gasteiger partial charge in [-0.15, -0.1) is 5.10 Å². The van der Waals surface area contributed by atoms with Gasteiger partial charge in [0.2, 0.25) is 0 Å². The van der Waals surface area contributed by atoms with Crippen molar-refractivity contribution in [3.05, 3.63) is 84.4 Å². The zero-order valence-electron chi connectivity index (χ0n) is 14.0. The Morgan fingerprint density at radius 3 is 2.52 bits per heavy atom. The average Bonchev–Trinajstić information content (AvgIpc) is 3.41. The minimum absolute atomic E-state index is 0.315. The molecule has 27 heavy (non-hydrogen) atoms. The summed E-state index contributed by atoms with van der Waals surface area (Å²) in [5, 5.41) is 19.2. The first-order chi connectivity index (χ1) is 13.3. The average molecular weight is 358 g/mol. The molecule has 2 aromatic carbocycles. The van der Waals surface area contributed by atoms with Crippen molar-refractivity contribution < 1.29 is 4.79 Å². The lowest BCUT2D eigenvalue weighted by molar-refractivity contribution is 0.0955. The topological polar surface area (TPSA) is 103 Å². The number of hydrazone groups is 1. The Morgan fingerprint density at radius 1 is 1.00 bits per heavy atom. The van der Waals surface area contributed by atoms with Crippen molar-refractivity contribution in [3.63, 3.8) is 0 Å². The molecule has 0 unspecified atom stereocenters. The van der Waals surface area contributed by atoms with Gasteiger partial charge in [-0.05, 0) is 46.8 Å². The molecule has 4 aromatic rings. The molecule has 0 saturated heterocycles. The fraction of sp³-hybridized carbons (Fsp3) is 0. The molecule has 0 saturated carbocycles. The summed E-state index contributed by atoms with van der Waals surface area (Å²) in [6, 6.07) is 16.6. The summed E-state index contributed by atoms with van der Waals surface area (Å²) in [5.41, 5.74) is 5.45. The largest absolute Gasteiger partial charge is 0.271 e. The van der Waals surface area contributed by atoms with E-state index in [0.717, 1.165) is 16.9 Å². The van der Waals surface area contributed by atoms with E-state index >= 15 is 0 Å². The van der Waals surface area contributed by atoms with E-state index in [9.17, 15) is 4.79 Å². The monoisotopic (exact) mass is 358 g/mol. The predicted molar refractivity (Wildman–Crippen MR) is 97.8 cm³/mol. The molecule has 2 heterocycles. The van der Waals surface area contributed by atoms with Crippen LogP contribution in [0.15, 0.2) is 78.4 Å². The zero-order valence-corrected chi connectivity index (χ0v) is 14.0. The van der Waals surface area contributed by atoms with Crippen molar-refractivity contribution in [3.8, 4) is 11.4 Å². The predicted octanol–water partition coefficient (Wildman–Crippen LogP) is 1.61. The number of benzene rings is 2. The first-order valence-corrected chi connectivity index (χ1v) is 8.06. The van der Waals surface area contributed by atoms with Crippen LogP contribution in [0.2, 0.25) is 0 Å². The van der Waals surface area contributed by atoms with Crippen molar-refractivity contribution >= 4 is 12.1 Å². The Morgan fingerprint density at radius 2 is 1.78 bits per heavy atom. The molecule has 0 aliphatic rings. The first-order valence-electron chi connectivity index (χ1n) is 8.06. The summed E-state index contributed by atoms with van der Waals surface area (Å²) in [4.78, 5) is 12.2. The molecule has 0 fully saturated rings. The maximum atomic E-state index is 12.2. The van der Waals surface area contributed by atoms with Crippen LogP contribution in [-0.2, 0) is 0 Å². The zero-order chi connectivity index (χ0) is 18.5. The number of carbonyl (C=O) groups is 1. The summed E-state index contributed by atoms with van der Waals surface area (Å²) in [7, 11) is 0. The minimum Gasteiger partial charge on any atom is -0.267 e. The lowest BCUT2D eigenvalue weighted by Gasteiger charge is -2.02. The summed E-state index contributed by atoms with van der Waals surface area (Å²) < 4.78 is 3.24. The van der Waals surface area contributed by atoms with Gasteiger partial charge in [0.1, 0.15) is 6.33 Å². The van der Waals surface area contributed by atoms with Crippen LogP contribution in [0.1, 0.15) is 15.9 Å². The third-order valence-corrected chi connectivity index (χ3v) is 3.75. The summed E-state index contributed by atoms with van der Waals surface area (Å²) >= 11 is 0. The van der Waals surface area contributed by atoms with E-state index in [1.807, 2.05) is 36.5 Å². The van der Waals surface area contributed by atoms with Gasteiger partial charge in [0.05, 0.1) is 23.8 Å². The number of tetrazole rings is 1. The van der Waals surface area contributed by atoms with Gasteiger partial charge in [0, 0.05) is 17.3 Å². The Bertz CT molecular complexity index is 1050. The highest BCUT2D eigenvalue weighted by Crippen LogP contribution is 2.08. The van der Waals surface area contributed by atoms with Gasteiger partial charge in [-0.2, -0.15) is 10.2 Å². The van der Waals surface area contributed by atoms with Gasteiger partial charge in [-0.1, -0.05) is 18.2 Å². The molecular weight excluding hydrogens is 344 g/mol. The standard InChI is InChI=1S/C18H14N8O/c27-18(15-6-8-17(9-7-15)26-13-20-23-24-26)22-19-10-14-11-21-25(12-14)16-4-2-1-3-5-16/h1-13H,(H,22,27)/b19-10-. The highest BCUT2D eigenvalue weighted by atomic mass is 16.2. The van der Waals surface area contributed by atoms with Crippen LogP contribution in [0, 0.1) is 0 Å². The van der Waals surface area contributed by atoms with E-state index in [1.54, 1.807) is 41.4 Å². The summed E-state index contributed by atoms with van der Waals surface area (Å²) in [6.07, 6.45) is 6.52. The number of nitrogens with one attached hydrogen (secondary N) is 1. The molecule has 0 radical (unpaired) electrons. The number of hydrogen-bond acceptors (Lipinski definition) is 6. The van der Waals surface area contributed by atoms with Gasteiger partial charge in [-0.25, -0.2) is 14.8 Å². The minimum atomic E-state index is -0.315. The number of aromatic nitrogens is 6. The second-order valence-electron chi connectivity index (χ2n) is 5.55. The van der Waals surface area contributed by atoms with Crippen molar-refractivity contribution in [2.24, 2.45) is 5.10 Å². The molecule has 1 amide bonds. The molecule has 0 aliphatic carbocycles. The van der Waals surface area contributed by atoms with Crippen molar-refractivity contribution in [1.29, 1.82) is 0 Å². The van der Waals surface area contributed by atoms with Crippen LogP contribution < -0.4 is 5.43 Å². The van der Waals surface area contributed by atoms with E-state index in [0.29, 0.717) is 5.56 Å². The van der Waals surface area contributed by atoms with Crippen LogP contribution in [0.5, 0.6) is 0 Å². The van der Waals surface area contributed by atoms with Crippen LogP contribution in [0.3, 0.4) is 0 Å².